The van der Waals surface area contributed by atoms with Gasteiger partial charge in [0, 0.05) is 39.1 Å². The van der Waals surface area contributed by atoms with Gasteiger partial charge < -0.3 is 16.0 Å². The maximum Gasteiger partial charge on any atom is 0.252 e. The average molecular weight is 263 g/mol. The van der Waals surface area contributed by atoms with Crippen molar-refractivity contribution in [2.75, 3.05) is 26.7 Å². The monoisotopic (exact) mass is 263 g/mol. The van der Waals surface area contributed by atoms with Crippen molar-refractivity contribution in [3.05, 3.63) is 30.1 Å². The molecule has 1 heterocycles. The van der Waals surface area contributed by atoms with Gasteiger partial charge in [-0.25, -0.2) is 0 Å². The topological polar surface area (TPSA) is 78.4 Å². The lowest BCUT2D eigenvalue weighted by Crippen LogP contribution is -2.41. The Bertz CT molecular complexity index is 405. The number of carbonyl (C=O) groups excluding carboxylic acids is 1. The van der Waals surface area contributed by atoms with Crippen LogP contribution in [0.15, 0.2) is 29.5 Å². The van der Waals surface area contributed by atoms with Gasteiger partial charge in [0.25, 0.3) is 5.91 Å². The third kappa shape index (κ3) is 5.85. The predicted molar refractivity (Wildman–Crippen MR) is 76.2 cm³/mol. The summed E-state index contributed by atoms with van der Waals surface area (Å²) in [4.78, 5) is 19.7. The normalized spacial score (nSPS) is 10.9. The lowest BCUT2D eigenvalue weighted by atomic mass is 10.3. The molecule has 0 radical (unpaired) electrons. The minimum Gasteiger partial charge on any atom is -0.356 e. The zero-order chi connectivity index (χ0) is 13.9. The fourth-order valence-electron chi connectivity index (χ4n) is 1.42. The highest BCUT2D eigenvalue weighted by atomic mass is 16.1. The van der Waals surface area contributed by atoms with Crippen molar-refractivity contribution in [1.82, 2.24) is 20.9 Å². The van der Waals surface area contributed by atoms with Crippen molar-refractivity contribution in [3.63, 3.8) is 0 Å². The highest BCUT2D eigenvalue weighted by Gasteiger charge is 2.03. The van der Waals surface area contributed by atoms with E-state index in [4.69, 9.17) is 0 Å². The summed E-state index contributed by atoms with van der Waals surface area (Å²) in [5.74, 6) is 0.629. The van der Waals surface area contributed by atoms with Crippen molar-refractivity contribution in [2.45, 2.75) is 13.3 Å². The van der Waals surface area contributed by atoms with Crippen molar-refractivity contribution >= 4 is 11.9 Å². The van der Waals surface area contributed by atoms with E-state index in [0.717, 1.165) is 18.9 Å². The molecular weight excluding hydrogens is 242 g/mol. The molecule has 6 heteroatoms. The van der Waals surface area contributed by atoms with Crippen LogP contribution in [-0.4, -0.2) is 43.5 Å². The van der Waals surface area contributed by atoms with Gasteiger partial charge in [-0.05, 0) is 18.6 Å². The summed E-state index contributed by atoms with van der Waals surface area (Å²) in [5, 5.41) is 9.08. The second-order valence-corrected chi connectivity index (χ2v) is 3.92. The molecule has 1 aromatic rings. The maximum atomic E-state index is 11.7. The molecule has 19 heavy (non-hydrogen) atoms. The number of rotatable bonds is 6. The number of hydrogen-bond acceptors (Lipinski definition) is 3. The summed E-state index contributed by atoms with van der Waals surface area (Å²) in [6.07, 6.45) is 4.23. The molecule has 0 aliphatic rings. The van der Waals surface area contributed by atoms with Gasteiger partial charge in [0.05, 0.1) is 5.56 Å². The molecule has 6 nitrogen and oxygen atoms in total. The lowest BCUT2D eigenvalue weighted by Gasteiger charge is -2.11. The molecule has 0 aliphatic carbocycles. The number of amides is 1. The van der Waals surface area contributed by atoms with Crippen molar-refractivity contribution in [1.29, 1.82) is 0 Å². The maximum absolute atomic E-state index is 11.7. The first-order valence-corrected chi connectivity index (χ1v) is 6.40. The fourth-order valence-corrected chi connectivity index (χ4v) is 1.42. The summed E-state index contributed by atoms with van der Waals surface area (Å²) < 4.78 is 0. The van der Waals surface area contributed by atoms with Gasteiger partial charge in [-0.3, -0.25) is 14.8 Å². The lowest BCUT2D eigenvalue weighted by molar-refractivity contribution is 0.0954. The highest BCUT2D eigenvalue weighted by molar-refractivity contribution is 5.93. The van der Waals surface area contributed by atoms with Gasteiger partial charge in [0.2, 0.25) is 0 Å². The van der Waals surface area contributed by atoms with E-state index in [1.54, 1.807) is 31.6 Å². The molecule has 1 amide bonds. The van der Waals surface area contributed by atoms with E-state index in [1.165, 1.54) is 0 Å². The molecule has 1 aromatic heterocycles. The van der Waals surface area contributed by atoms with Gasteiger partial charge >= 0.3 is 0 Å². The smallest absolute Gasteiger partial charge is 0.252 e. The van der Waals surface area contributed by atoms with E-state index < -0.39 is 0 Å². The van der Waals surface area contributed by atoms with Gasteiger partial charge in [0.1, 0.15) is 0 Å². The minimum absolute atomic E-state index is 0.119. The number of pyridine rings is 1. The first-order valence-electron chi connectivity index (χ1n) is 6.40. The van der Waals surface area contributed by atoms with Crippen LogP contribution in [0.25, 0.3) is 0 Å². The molecule has 1 rings (SSSR count). The number of guanidine groups is 1. The molecule has 0 atom stereocenters. The molecule has 0 aromatic carbocycles. The zero-order valence-corrected chi connectivity index (χ0v) is 11.4. The first-order chi connectivity index (χ1) is 9.27. The van der Waals surface area contributed by atoms with E-state index in [2.05, 4.69) is 32.9 Å². The van der Waals surface area contributed by atoms with Crippen LogP contribution < -0.4 is 16.0 Å². The van der Waals surface area contributed by atoms with E-state index in [-0.39, 0.29) is 5.91 Å². The average Bonchev–Trinajstić information content (AvgIpc) is 2.47. The molecule has 0 saturated heterocycles. The Balaban J connectivity index is 2.22. The number of hydrogen-bond donors (Lipinski definition) is 3. The summed E-state index contributed by atoms with van der Waals surface area (Å²) in [6, 6.07) is 3.47. The van der Waals surface area contributed by atoms with Crippen LogP contribution in [0.2, 0.25) is 0 Å². The molecule has 0 saturated carbocycles. The molecule has 0 bridgehead atoms. The summed E-state index contributed by atoms with van der Waals surface area (Å²) >= 11 is 0. The van der Waals surface area contributed by atoms with E-state index in [1.807, 2.05) is 0 Å². The van der Waals surface area contributed by atoms with Crippen LogP contribution in [0.5, 0.6) is 0 Å². The standard InChI is InChI=1S/C13H21N5O/c1-3-6-17-13(14-2)18-9-8-16-12(19)11-5-4-7-15-10-11/h4-5,7,10H,3,6,8-9H2,1-2H3,(H,16,19)(H2,14,17,18). The van der Waals surface area contributed by atoms with Crippen molar-refractivity contribution in [3.8, 4) is 0 Å². The van der Waals surface area contributed by atoms with E-state index in [0.29, 0.717) is 18.7 Å². The Hall–Kier alpha value is -2.11. The van der Waals surface area contributed by atoms with Gasteiger partial charge in [0.15, 0.2) is 5.96 Å². The van der Waals surface area contributed by atoms with Crippen molar-refractivity contribution in [2.24, 2.45) is 4.99 Å². The Morgan fingerprint density at radius 2 is 2.00 bits per heavy atom. The summed E-state index contributed by atoms with van der Waals surface area (Å²) in [5.41, 5.74) is 0.566. The van der Waals surface area contributed by atoms with E-state index >= 15 is 0 Å². The molecule has 0 spiro atoms. The van der Waals surface area contributed by atoms with Crippen LogP contribution in [0.1, 0.15) is 23.7 Å². The Labute approximate surface area is 113 Å². The first kappa shape index (κ1) is 14.9. The fraction of sp³-hybridized carbons (Fsp3) is 0.462. The quantitative estimate of drug-likeness (QED) is 0.394. The highest BCUT2D eigenvalue weighted by Crippen LogP contribution is 1.93. The molecule has 0 fully saturated rings. The molecule has 104 valence electrons. The van der Waals surface area contributed by atoms with Gasteiger partial charge in [-0.15, -0.1) is 0 Å². The van der Waals surface area contributed by atoms with Gasteiger partial charge in [-0.2, -0.15) is 0 Å². The van der Waals surface area contributed by atoms with Gasteiger partial charge in [-0.1, -0.05) is 6.92 Å². The molecule has 0 aliphatic heterocycles. The number of aliphatic imine (C=N–C) groups is 1. The largest absolute Gasteiger partial charge is 0.356 e. The van der Waals surface area contributed by atoms with Crippen molar-refractivity contribution < 1.29 is 4.79 Å². The van der Waals surface area contributed by atoms with Crippen LogP contribution in [0.3, 0.4) is 0 Å². The van der Waals surface area contributed by atoms with Crippen LogP contribution in [-0.2, 0) is 0 Å². The van der Waals surface area contributed by atoms with E-state index in [9.17, 15) is 4.79 Å². The Kier molecular flexibility index (Phi) is 7.01. The van der Waals surface area contributed by atoms with Crippen LogP contribution >= 0.6 is 0 Å². The molecule has 0 unspecified atom stereocenters. The number of nitrogens with zero attached hydrogens (tertiary/aromatic N) is 2. The summed E-state index contributed by atoms with van der Waals surface area (Å²) in [7, 11) is 1.72. The second-order valence-electron chi connectivity index (χ2n) is 3.92. The Morgan fingerprint density at radius 1 is 1.26 bits per heavy atom. The third-order valence-electron chi connectivity index (χ3n) is 2.39. The molecular formula is C13H21N5O. The Morgan fingerprint density at radius 3 is 2.63 bits per heavy atom. The second kappa shape index (κ2) is 8.91. The number of carbonyl (C=O) groups is 1. The number of nitrogens with one attached hydrogen (secondary N) is 3. The van der Waals surface area contributed by atoms with Crippen LogP contribution in [0, 0.1) is 0 Å². The SMILES string of the molecule is CCCNC(=NC)NCCNC(=O)c1cccnc1. The molecule has 3 N–H and O–H groups in total. The zero-order valence-electron chi connectivity index (χ0n) is 11.4. The minimum atomic E-state index is -0.119. The summed E-state index contributed by atoms with van der Waals surface area (Å²) in [6.45, 7) is 4.12. The number of aromatic nitrogens is 1. The third-order valence-corrected chi connectivity index (χ3v) is 2.39. The predicted octanol–water partition coefficient (Wildman–Crippen LogP) is 0.386. The van der Waals surface area contributed by atoms with Crippen LogP contribution in [0.4, 0.5) is 0 Å².